The molecule has 0 radical (unpaired) electrons. The topological polar surface area (TPSA) is 36.7 Å². The van der Waals surface area contributed by atoms with Crippen molar-refractivity contribution in [1.29, 1.82) is 5.26 Å². The highest BCUT2D eigenvalue weighted by molar-refractivity contribution is 7.99. The maximum absolute atomic E-state index is 9.47. The molecule has 0 fully saturated rings. The zero-order valence-electron chi connectivity index (χ0n) is 11.2. The van der Waals surface area contributed by atoms with Crippen molar-refractivity contribution in [2.45, 2.75) is 23.7 Å². The third-order valence-corrected chi connectivity index (χ3v) is 4.50. The molecule has 2 aromatic rings. The second-order valence-electron chi connectivity index (χ2n) is 4.74. The van der Waals surface area contributed by atoms with Crippen LogP contribution in [0.15, 0.2) is 53.7 Å². The molecule has 1 aromatic heterocycles. The Morgan fingerprint density at radius 3 is 2.65 bits per heavy atom. The van der Waals surface area contributed by atoms with Crippen LogP contribution in [0.5, 0.6) is 0 Å². The number of hydrogen-bond acceptors (Lipinski definition) is 3. The van der Waals surface area contributed by atoms with Gasteiger partial charge in [0.15, 0.2) is 0 Å². The molecular weight excluding hydrogens is 288 g/mol. The molecule has 20 heavy (non-hydrogen) atoms. The summed E-state index contributed by atoms with van der Waals surface area (Å²) >= 11 is 7.60. The van der Waals surface area contributed by atoms with Crippen LogP contribution in [0.1, 0.15) is 18.9 Å². The van der Waals surface area contributed by atoms with Crippen molar-refractivity contribution >= 4 is 23.4 Å². The van der Waals surface area contributed by atoms with Gasteiger partial charge in [-0.15, -0.1) is 11.8 Å². The van der Waals surface area contributed by atoms with E-state index in [9.17, 15) is 5.26 Å². The fourth-order valence-corrected chi connectivity index (χ4v) is 3.06. The van der Waals surface area contributed by atoms with Gasteiger partial charge in [-0.1, -0.05) is 17.7 Å². The van der Waals surface area contributed by atoms with Gasteiger partial charge >= 0.3 is 0 Å². The number of halogens is 1. The maximum Gasteiger partial charge on any atom is 0.0817 e. The van der Waals surface area contributed by atoms with E-state index in [4.69, 9.17) is 11.6 Å². The van der Waals surface area contributed by atoms with E-state index < -0.39 is 5.41 Å². The molecule has 0 spiro atoms. The third-order valence-electron chi connectivity index (χ3n) is 3.23. The molecule has 102 valence electrons. The van der Waals surface area contributed by atoms with Crippen LogP contribution < -0.4 is 0 Å². The molecule has 0 amide bonds. The predicted molar refractivity (Wildman–Crippen MR) is 84.0 cm³/mol. The summed E-state index contributed by atoms with van der Waals surface area (Å²) in [6.07, 6.45) is 4.28. The molecule has 0 aliphatic rings. The van der Waals surface area contributed by atoms with E-state index in [0.717, 1.165) is 22.8 Å². The smallest absolute Gasteiger partial charge is 0.0817 e. The number of rotatable bonds is 5. The predicted octanol–water partition coefficient (Wildman–Crippen LogP) is 4.70. The molecule has 0 aliphatic heterocycles. The van der Waals surface area contributed by atoms with Gasteiger partial charge in [0.25, 0.3) is 0 Å². The molecule has 1 aromatic carbocycles. The normalized spacial score (nSPS) is 13.4. The summed E-state index contributed by atoms with van der Waals surface area (Å²) in [7, 11) is 0. The summed E-state index contributed by atoms with van der Waals surface area (Å²) in [4.78, 5) is 5.27. The average molecular weight is 303 g/mol. The SMILES string of the molecule is CC(C#N)(CCSc1ccc(Cl)cc1)c1cccnc1. The van der Waals surface area contributed by atoms with E-state index in [-0.39, 0.29) is 0 Å². The summed E-state index contributed by atoms with van der Waals surface area (Å²) < 4.78 is 0. The molecule has 4 heteroatoms. The number of thioether (sulfide) groups is 1. The fourth-order valence-electron chi connectivity index (χ4n) is 1.86. The lowest BCUT2D eigenvalue weighted by atomic mass is 9.82. The van der Waals surface area contributed by atoms with Gasteiger partial charge in [-0.05, 0) is 55.0 Å². The second kappa shape index (κ2) is 6.78. The molecule has 0 saturated heterocycles. The van der Waals surface area contributed by atoms with Crippen LogP contribution in [0.3, 0.4) is 0 Å². The lowest BCUT2D eigenvalue weighted by molar-refractivity contribution is 0.590. The van der Waals surface area contributed by atoms with Crippen LogP contribution in [0.2, 0.25) is 5.02 Å². The molecule has 0 N–H and O–H groups in total. The number of pyridine rings is 1. The van der Waals surface area contributed by atoms with Gasteiger partial charge in [0.05, 0.1) is 11.5 Å². The van der Waals surface area contributed by atoms with Gasteiger partial charge in [-0.25, -0.2) is 0 Å². The number of nitrogens with zero attached hydrogens (tertiary/aromatic N) is 2. The largest absolute Gasteiger partial charge is 0.264 e. The Bertz CT molecular complexity index is 592. The Balaban J connectivity index is 1.98. The average Bonchev–Trinajstić information content (AvgIpc) is 2.50. The number of nitriles is 1. The molecule has 2 nitrogen and oxygen atoms in total. The molecule has 1 heterocycles. The minimum atomic E-state index is -0.492. The van der Waals surface area contributed by atoms with Crippen molar-refractivity contribution in [3.05, 3.63) is 59.4 Å². The summed E-state index contributed by atoms with van der Waals surface area (Å²) in [6.45, 7) is 1.96. The minimum Gasteiger partial charge on any atom is -0.264 e. The van der Waals surface area contributed by atoms with Gasteiger partial charge in [0.2, 0.25) is 0 Å². The first-order chi connectivity index (χ1) is 9.64. The molecular formula is C16H15ClN2S. The highest BCUT2D eigenvalue weighted by Gasteiger charge is 2.26. The zero-order chi connectivity index (χ0) is 14.4. The van der Waals surface area contributed by atoms with Crippen LogP contribution in [-0.4, -0.2) is 10.7 Å². The summed E-state index contributed by atoms with van der Waals surface area (Å²) in [5, 5.41) is 10.2. The first-order valence-electron chi connectivity index (χ1n) is 6.34. The Morgan fingerprint density at radius 2 is 2.05 bits per heavy atom. The lowest BCUT2D eigenvalue weighted by Crippen LogP contribution is -2.20. The molecule has 2 rings (SSSR count). The first kappa shape index (κ1) is 14.9. The van der Waals surface area contributed by atoms with E-state index in [1.54, 1.807) is 24.2 Å². The van der Waals surface area contributed by atoms with Crippen LogP contribution in [-0.2, 0) is 5.41 Å². The maximum atomic E-state index is 9.47. The van der Waals surface area contributed by atoms with Gasteiger partial charge in [0.1, 0.15) is 0 Å². The van der Waals surface area contributed by atoms with Crippen LogP contribution in [0.25, 0.3) is 0 Å². The van der Waals surface area contributed by atoms with E-state index in [1.807, 2.05) is 43.3 Å². The Kier molecular flexibility index (Phi) is 5.05. The van der Waals surface area contributed by atoms with Crippen molar-refractivity contribution in [2.75, 3.05) is 5.75 Å². The Labute approximate surface area is 128 Å². The van der Waals surface area contributed by atoms with Crippen LogP contribution in [0.4, 0.5) is 0 Å². The second-order valence-corrected chi connectivity index (χ2v) is 6.34. The molecule has 1 unspecified atom stereocenters. The quantitative estimate of drug-likeness (QED) is 0.751. The lowest BCUT2D eigenvalue weighted by Gasteiger charge is -2.21. The standard InChI is InChI=1S/C16H15ClN2S/c1-16(12-18,13-3-2-9-19-11-13)8-10-20-15-6-4-14(17)5-7-15/h2-7,9,11H,8,10H2,1H3. The first-order valence-corrected chi connectivity index (χ1v) is 7.70. The van der Waals surface area contributed by atoms with Crippen molar-refractivity contribution in [2.24, 2.45) is 0 Å². The van der Waals surface area contributed by atoms with Gasteiger partial charge in [-0.2, -0.15) is 5.26 Å². The fraction of sp³-hybridized carbons (Fsp3) is 0.250. The summed E-state index contributed by atoms with van der Waals surface area (Å²) in [5.41, 5.74) is 0.479. The zero-order valence-corrected chi connectivity index (χ0v) is 12.8. The van der Waals surface area contributed by atoms with Crippen molar-refractivity contribution in [3.8, 4) is 6.07 Å². The van der Waals surface area contributed by atoms with E-state index in [1.165, 1.54) is 4.90 Å². The van der Waals surface area contributed by atoms with Gasteiger partial charge in [-0.3, -0.25) is 4.98 Å². The third kappa shape index (κ3) is 3.75. The highest BCUT2D eigenvalue weighted by Crippen LogP contribution is 2.30. The number of benzene rings is 1. The van der Waals surface area contributed by atoms with Crippen molar-refractivity contribution in [1.82, 2.24) is 4.98 Å². The summed E-state index contributed by atoms with van der Waals surface area (Å²) in [6, 6.07) is 14.0. The van der Waals surface area contributed by atoms with Crippen LogP contribution in [0, 0.1) is 11.3 Å². The van der Waals surface area contributed by atoms with E-state index >= 15 is 0 Å². The van der Waals surface area contributed by atoms with E-state index in [0.29, 0.717) is 0 Å². The van der Waals surface area contributed by atoms with Crippen LogP contribution >= 0.6 is 23.4 Å². The number of aromatic nitrogens is 1. The Morgan fingerprint density at radius 1 is 1.30 bits per heavy atom. The van der Waals surface area contributed by atoms with Gasteiger partial charge < -0.3 is 0 Å². The molecule has 0 aliphatic carbocycles. The van der Waals surface area contributed by atoms with E-state index in [2.05, 4.69) is 11.1 Å². The minimum absolute atomic E-state index is 0.492. The van der Waals surface area contributed by atoms with Crippen molar-refractivity contribution in [3.63, 3.8) is 0 Å². The molecule has 1 atom stereocenters. The monoisotopic (exact) mass is 302 g/mol. The number of hydrogen-bond donors (Lipinski definition) is 0. The highest BCUT2D eigenvalue weighted by atomic mass is 35.5. The Hall–Kier alpha value is -1.50. The molecule has 0 bridgehead atoms. The van der Waals surface area contributed by atoms with Gasteiger partial charge in [0, 0.05) is 22.3 Å². The molecule has 0 saturated carbocycles. The summed E-state index contributed by atoms with van der Waals surface area (Å²) in [5.74, 6) is 0.876. The van der Waals surface area contributed by atoms with Crippen molar-refractivity contribution < 1.29 is 0 Å².